The lowest BCUT2D eigenvalue weighted by Gasteiger charge is -2.29. The Morgan fingerprint density at radius 3 is 2.70 bits per heavy atom. The van der Waals surface area contributed by atoms with Gasteiger partial charge in [-0.2, -0.15) is 0 Å². The second-order valence-corrected chi connectivity index (χ2v) is 9.34. The quantitative estimate of drug-likeness (QED) is 0.672. The van der Waals surface area contributed by atoms with Crippen LogP contribution in [0.25, 0.3) is 18.2 Å². The molecule has 2 aliphatic rings. The molecule has 156 valence electrons. The minimum Gasteiger partial charge on any atom is -0.341 e. The van der Waals surface area contributed by atoms with Gasteiger partial charge in [-0.15, -0.1) is 11.3 Å². The Morgan fingerprint density at radius 2 is 1.93 bits per heavy atom. The number of aromatic nitrogens is 1. The molecule has 30 heavy (non-hydrogen) atoms. The molecule has 2 aromatic rings. The van der Waals surface area contributed by atoms with E-state index in [1.807, 2.05) is 29.3 Å². The number of likely N-dealkylation sites (N-methyl/N-ethyl adjacent to an activating group) is 1. The summed E-state index contributed by atoms with van der Waals surface area (Å²) in [6.07, 6.45) is 10.5. The average Bonchev–Trinajstić information content (AvgIpc) is 3.35. The van der Waals surface area contributed by atoms with Crippen molar-refractivity contribution in [1.82, 2.24) is 4.57 Å². The fourth-order valence-electron chi connectivity index (χ4n) is 3.91. The lowest BCUT2D eigenvalue weighted by molar-refractivity contribution is -0.512. The van der Waals surface area contributed by atoms with E-state index in [0.29, 0.717) is 6.54 Å². The highest BCUT2D eigenvalue weighted by molar-refractivity contribution is 8.14. The van der Waals surface area contributed by atoms with Crippen LogP contribution in [0.1, 0.15) is 26.3 Å². The Hall–Kier alpha value is -2.31. The summed E-state index contributed by atoms with van der Waals surface area (Å²) in [6.45, 7) is 10.0. The van der Waals surface area contributed by atoms with E-state index in [1.54, 1.807) is 11.3 Å². The average molecular weight is 439 g/mol. The van der Waals surface area contributed by atoms with Crippen LogP contribution in [0.5, 0.6) is 0 Å². The molecule has 0 atom stereocenters. The number of fused-ring (bicyclic) bond motifs is 1. The third kappa shape index (κ3) is 3.98. The van der Waals surface area contributed by atoms with E-state index in [-0.39, 0.29) is 5.56 Å². The Bertz CT molecular complexity index is 1210. The van der Waals surface area contributed by atoms with Gasteiger partial charge in [0.2, 0.25) is 5.04 Å². The Balaban J connectivity index is 1.77. The molecule has 0 radical (unpaired) electrons. The van der Waals surface area contributed by atoms with Crippen molar-refractivity contribution in [2.24, 2.45) is 0 Å². The normalized spacial score (nSPS) is 18.8. The molecule has 0 N–H and O–H groups in total. The Morgan fingerprint density at radius 1 is 1.10 bits per heavy atom. The first-order valence-electron chi connectivity index (χ1n) is 10.6. The maximum absolute atomic E-state index is 13.0. The lowest BCUT2D eigenvalue weighted by atomic mass is 10.1. The summed E-state index contributed by atoms with van der Waals surface area (Å²) in [5.74, 6) is 1.12. The molecule has 0 amide bonds. The highest BCUT2D eigenvalue weighted by atomic mass is 32.2. The number of para-hydroxylation sites is 1. The summed E-state index contributed by atoms with van der Waals surface area (Å²) in [5.41, 5.74) is 3.64. The molecule has 1 aromatic heterocycles. The largest absolute Gasteiger partial charge is 0.341 e. The van der Waals surface area contributed by atoms with Gasteiger partial charge in [0, 0.05) is 24.5 Å². The summed E-state index contributed by atoms with van der Waals surface area (Å²) in [7, 11) is 0. The van der Waals surface area contributed by atoms with Crippen LogP contribution < -0.4 is 19.7 Å². The number of nitrogens with zero attached hydrogens (tertiary/aromatic N) is 3. The molecule has 6 heteroatoms. The Labute approximate surface area is 185 Å². The first-order chi connectivity index (χ1) is 14.7. The van der Waals surface area contributed by atoms with E-state index in [2.05, 4.69) is 71.9 Å². The molecule has 1 aromatic carbocycles. The maximum atomic E-state index is 13.0. The number of hydrogen-bond acceptors (Lipinski definition) is 4. The highest BCUT2D eigenvalue weighted by Gasteiger charge is 2.20. The first-order valence-corrected chi connectivity index (χ1v) is 12.4. The molecule has 3 heterocycles. The standard InChI is InChI=1S/C24H28N3OS2/c1-4-25-15-16-29-22(25)17-23-27(6-3)24(28)21(30-23)14-13-19-12-11-18-9-7-8-10-20(18)26(19)5-2/h7-14,17H,4-6,15-16H2,1-3H3/q+1/b19-13+,21-14-. The number of allylic oxidation sites excluding steroid dienone is 2. The third-order valence-corrected chi connectivity index (χ3v) is 7.64. The summed E-state index contributed by atoms with van der Waals surface area (Å²) in [5, 5.41) is 1.27. The van der Waals surface area contributed by atoms with Crippen LogP contribution in [-0.4, -0.2) is 39.6 Å². The van der Waals surface area contributed by atoms with Crippen molar-refractivity contribution >= 4 is 52.1 Å². The van der Waals surface area contributed by atoms with Crippen molar-refractivity contribution < 1.29 is 4.58 Å². The fourth-order valence-corrected chi connectivity index (χ4v) is 6.15. The molecule has 4 rings (SSSR count). The van der Waals surface area contributed by atoms with Crippen LogP contribution in [0.3, 0.4) is 0 Å². The minimum absolute atomic E-state index is 0.0977. The zero-order valence-electron chi connectivity index (χ0n) is 17.8. The van der Waals surface area contributed by atoms with E-state index in [9.17, 15) is 4.79 Å². The van der Waals surface area contributed by atoms with Crippen LogP contribution >= 0.6 is 23.1 Å². The van der Waals surface area contributed by atoms with Gasteiger partial charge in [0.1, 0.15) is 11.2 Å². The van der Waals surface area contributed by atoms with Gasteiger partial charge in [0.15, 0.2) is 6.54 Å². The third-order valence-electron chi connectivity index (χ3n) is 5.50. The van der Waals surface area contributed by atoms with Gasteiger partial charge in [-0.05, 0) is 50.6 Å². The number of rotatable bonds is 5. The molecule has 2 aliphatic heterocycles. The van der Waals surface area contributed by atoms with Crippen molar-refractivity contribution in [1.29, 1.82) is 0 Å². The maximum Gasteiger partial charge on any atom is 0.269 e. The summed E-state index contributed by atoms with van der Waals surface area (Å²) >= 11 is 3.46. The van der Waals surface area contributed by atoms with Crippen molar-refractivity contribution in [3.05, 3.63) is 67.2 Å². The van der Waals surface area contributed by atoms with Gasteiger partial charge in [-0.1, -0.05) is 36.0 Å². The summed E-state index contributed by atoms with van der Waals surface area (Å²) in [6, 6.07) is 8.42. The zero-order chi connectivity index (χ0) is 21.1. The van der Waals surface area contributed by atoms with Gasteiger partial charge < -0.3 is 4.90 Å². The van der Waals surface area contributed by atoms with Gasteiger partial charge in [-0.3, -0.25) is 9.36 Å². The molecule has 0 aliphatic carbocycles. The van der Waals surface area contributed by atoms with E-state index >= 15 is 0 Å². The molecular formula is C24H28N3OS2+. The van der Waals surface area contributed by atoms with Crippen LogP contribution in [0.4, 0.5) is 5.69 Å². The molecular weight excluding hydrogens is 410 g/mol. The SMILES string of the molecule is CCN1/C(=C/C=c2\s/c(=C\C3=[N+](CC)CCS3)n(CC)c2=O)C=Cc2ccccc21. The second kappa shape index (κ2) is 9.23. The summed E-state index contributed by atoms with van der Waals surface area (Å²) < 4.78 is 6.08. The molecule has 0 fully saturated rings. The number of thiazole rings is 1. The van der Waals surface area contributed by atoms with Crippen molar-refractivity contribution in [2.45, 2.75) is 27.3 Å². The topological polar surface area (TPSA) is 28.2 Å². The fraction of sp³-hybridized carbons (Fsp3) is 0.333. The van der Waals surface area contributed by atoms with E-state index in [4.69, 9.17) is 0 Å². The number of benzene rings is 1. The van der Waals surface area contributed by atoms with Gasteiger partial charge in [0.25, 0.3) is 5.56 Å². The smallest absolute Gasteiger partial charge is 0.269 e. The highest BCUT2D eigenvalue weighted by Crippen LogP contribution is 2.30. The van der Waals surface area contributed by atoms with Crippen molar-refractivity contribution in [3.63, 3.8) is 0 Å². The molecule has 0 bridgehead atoms. The van der Waals surface area contributed by atoms with E-state index in [0.717, 1.165) is 40.3 Å². The zero-order valence-corrected chi connectivity index (χ0v) is 19.4. The van der Waals surface area contributed by atoms with Gasteiger partial charge in [0.05, 0.1) is 16.4 Å². The number of hydrogen-bond donors (Lipinski definition) is 0. The summed E-state index contributed by atoms with van der Waals surface area (Å²) in [4.78, 5) is 15.3. The minimum atomic E-state index is 0.0977. The predicted molar refractivity (Wildman–Crippen MR) is 132 cm³/mol. The number of thioether (sulfide) groups is 1. The van der Waals surface area contributed by atoms with Gasteiger partial charge >= 0.3 is 0 Å². The van der Waals surface area contributed by atoms with Crippen LogP contribution in [-0.2, 0) is 6.54 Å². The predicted octanol–water partition coefficient (Wildman–Crippen LogP) is 3.11. The van der Waals surface area contributed by atoms with Crippen molar-refractivity contribution in [2.75, 3.05) is 30.3 Å². The van der Waals surface area contributed by atoms with E-state index < -0.39 is 0 Å². The Kier molecular flexibility index (Phi) is 6.44. The molecule has 0 saturated carbocycles. The molecule has 4 nitrogen and oxygen atoms in total. The molecule has 0 spiro atoms. The molecule has 0 saturated heterocycles. The monoisotopic (exact) mass is 438 g/mol. The first kappa shape index (κ1) is 20.9. The number of anilines is 1. The lowest BCUT2D eigenvalue weighted by Crippen LogP contribution is -2.31. The van der Waals surface area contributed by atoms with E-state index in [1.165, 1.54) is 16.3 Å². The second-order valence-electron chi connectivity index (χ2n) is 7.16. The van der Waals surface area contributed by atoms with Crippen LogP contribution in [0, 0.1) is 0 Å². The van der Waals surface area contributed by atoms with Gasteiger partial charge in [-0.25, -0.2) is 4.58 Å². The van der Waals surface area contributed by atoms with Crippen LogP contribution in [0.15, 0.2) is 46.9 Å². The van der Waals surface area contributed by atoms with Crippen LogP contribution in [0.2, 0.25) is 0 Å². The van der Waals surface area contributed by atoms with Crippen molar-refractivity contribution in [3.8, 4) is 0 Å². The molecule has 0 unspecified atom stereocenters.